The first kappa shape index (κ1) is 10.6. The van der Waals surface area contributed by atoms with Gasteiger partial charge in [-0.25, -0.2) is 0 Å². The van der Waals surface area contributed by atoms with Crippen LogP contribution in [0, 0.1) is 13.8 Å². The summed E-state index contributed by atoms with van der Waals surface area (Å²) in [6.07, 6.45) is 0. The van der Waals surface area contributed by atoms with Crippen LogP contribution in [0.3, 0.4) is 0 Å². The Kier molecular flexibility index (Phi) is 2.02. The summed E-state index contributed by atoms with van der Waals surface area (Å²) in [5.41, 5.74) is 4.55. The second-order valence-corrected chi connectivity index (χ2v) is 5.15. The fraction of sp³-hybridized carbons (Fsp3) is 0.111. The van der Waals surface area contributed by atoms with E-state index in [1.807, 2.05) is 6.07 Å². The fourth-order valence-electron chi connectivity index (χ4n) is 3.05. The van der Waals surface area contributed by atoms with Crippen molar-refractivity contribution >= 4 is 32.7 Å². The van der Waals surface area contributed by atoms with Crippen LogP contribution in [0.2, 0.25) is 0 Å². The summed E-state index contributed by atoms with van der Waals surface area (Å²) in [5.74, 6) is 0. The van der Waals surface area contributed by atoms with Crippen LogP contribution >= 0.6 is 0 Å². The molecule has 0 aliphatic rings. The third kappa shape index (κ3) is 1.36. The molecule has 0 saturated heterocycles. The molecule has 0 fully saturated rings. The second-order valence-electron chi connectivity index (χ2n) is 5.15. The minimum atomic E-state index is 0.980. The highest BCUT2D eigenvalue weighted by Gasteiger charge is 2.13. The topological polar surface area (TPSA) is 13.1 Å². The smallest absolute Gasteiger partial charge is 0.136 e. The number of fused-ring (bicyclic) bond motifs is 4. The van der Waals surface area contributed by atoms with Gasteiger partial charge in [0.05, 0.1) is 0 Å². The summed E-state index contributed by atoms with van der Waals surface area (Å²) >= 11 is 0. The van der Waals surface area contributed by atoms with Crippen molar-refractivity contribution in [1.29, 1.82) is 0 Å². The quantitative estimate of drug-likeness (QED) is 0.407. The molecule has 1 heterocycles. The van der Waals surface area contributed by atoms with Crippen LogP contribution in [-0.2, 0) is 0 Å². The van der Waals surface area contributed by atoms with E-state index in [1.54, 1.807) is 0 Å². The van der Waals surface area contributed by atoms with Crippen molar-refractivity contribution < 1.29 is 4.42 Å². The molecule has 4 rings (SSSR count). The summed E-state index contributed by atoms with van der Waals surface area (Å²) in [5, 5.41) is 5.05. The maximum atomic E-state index is 6.02. The van der Waals surface area contributed by atoms with Gasteiger partial charge in [0.1, 0.15) is 11.2 Å². The van der Waals surface area contributed by atoms with E-state index in [0.717, 1.165) is 11.2 Å². The molecule has 0 radical (unpaired) electrons. The van der Waals surface area contributed by atoms with Crippen molar-refractivity contribution in [2.75, 3.05) is 0 Å². The van der Waals surface area contributed by atoms with Crippen LogP contribution in [0.4, 0.5) is 0 Å². The van der Waals surface area contributed by atoms with E-state index in [1.165, 1.54) is 32.7 Å². The lowest BCUT2D eigenvalue weighted by molar-refractivity contribution is 0.669. The first-order valence-corrected chi connectivity index (χ1v) is 6.56. The van der Waals surface area contributed by atoms with Crippen LogP contribution in [0.15, 0.2) is 52.9 Å². The lowest BCUT2D eigenvalue weighted by atomic mass is 9.98. The Balaban J connectivity index is 2.35. The molecule has 4 aromatic rings. The zero-order valence-corrected chi connectivity index (χ0v) is 11.0. The largest absolute Gasteiger partial charge is 0.456 e. The van der Waals surface area contributed by atoms with Gasteiger partial charge in [0, 0.05) is 10.8 Å². The second kappa shape index (κ2) is 3.61. The average molecular weight is 246 g/mol. The Bertz CT molecular complexity index is 929. The fourth-order valence-corrected chi connectivity index (χ4v) is 3.05. The average Bonchev–Trinajstić information content (AvgIpc) is 2.79. The molecule has 3 aromatic carbocycles. The number of hydrogen-bond donors (Lipinski definition) is 0. The molecule has 0 amide bonds. The Labute approximate surface area is 111 Å². The van der Waals surface area contributed by atoms with Gasteiger partial charge in [0.2, 0.25) is 0 Å². The van der Waals surface area contributed by atoms with E-state index in [9.17, 15) is 0 Å². The maximum Gasteiger partial charge on any atom is 0.136 e. The molecule has 1 heteroatoms. The molecule has 0 N–H and O–H groups in total. The van der Waals surface area contributed by atoms with Crippen molar-refractivity contribution in [3.05, 3.63) is 59.7 Å². The molecule has 0 aliphatic carbocycles. The Morgan fingerprint density at radius 2 is 1.63 bits per heavy atom. The molecule has 19 heavy (non-hydrogen) atoms. The van der Waals surface area contributed by atoms with Crippen molar-refractivity contribution in [3.8, 4) is 0 Å². The number of rotatable bonds is 0. The van der Waals surface area contributed by atoms with Gasteiger partial charge < -0.3 is 4.42 Å². The molecule has 92 valence electrons. The zero-order chi connectivity index (χ0) is 13.0. The SMILES string of the molecule is Cc1cccc2oc3cc4ccccc4c(C)c3c12. The van der Waals surface area contributed by atoms with Crippen molar-refractivity contribution in [2.45, 2.75) is 13.8 Å². The molecular weight excluding hydrogens is 232 g/mol. The molecule has 0 spiro atoms. The molecular formula is C18H14O. The summed E-state index contributed by atoms with van der Waals surface area (Å²) in [6.45, 7) is 4.33. The molecule has 0 unspecified atom stereocenters. The van der Waals surface area contributed by atoms with E-state index in [0.29, 0.717) is 0 Å². The Hall–Kier alpha value is -2.28. The van der Waals surface area contributed by atoms with E-state index >= 15 is 0 Å². The van der Waals surface area contributed by atoms with E-state index in [2.05, 4.69) is 56.3 Å². The Morgan fingerprint density at radius 3 is 2.53 bits per heavy atom. The lowest BCUT2D eigenvalue weighted by Crippen LogP contribution is -1.81. The van der Waals surface area contributed by atoms with Gasteiger partial charge >= 0.3 is 0 Å². The van der Waals surface area contributed by atoms with Crippen LogP contribution in [0.25, 0.3) is 32.7 Å². The lowest BCUT2D eigenvalue weighted by Gasteiger charge is -2.04. The first-order chi connectivity index (χ1) is 9.25. The van der Waals surface area contributed by atoms with E-state index in [4.69, 9.17) is 4.42 Å². The molecule has 0 atom stereocenters. The van der Waals surface area contributed by atoms with E-state index < -0.39 is 0 Å². The van der Waals surface area contributed by atoms with Crippen LogP contribution in [-0.4, -0.2) is 0 Å². The van der Waals surface area contributed by atoms with Crippen molar-refractivity contribution in [2.24, 2.45) is 0 Å². The van der Waals surface area contributed by atoms with Crippen molar-refractivity contribution in [1.82, 2.24) is 0 Å². The molecule has 1 nitrogen and oxygen atoms in total. The molecule has 1 aromatic heterocycles. The third-order valence-electron chi connectivity index (χ3n) is 3.98. The monoisotopic (exact) mass is 246 g/mol. The van der Waals surface area contributed by atoms with E-state index in [-0.39, 0.29) is 0 Å². The highest BCUT2D eigenvalue weighted by Crippen LogP contribution is 2.36. The highest BCUT2D eigenvalue weighted by atomic mass is 16.3. The highest BCUT2D eigenvalue weighted by molar-refractivity contribution is 6.13. The molecule has 0 aliphatic heterocycles. The molecule has 0 saturated carbocycles. The van der Waals surface area contributed by atoms with Gasteiger partial charge in [-0.05, 0) is 47.9 Å². The molecule has 0 bridgehead atoms. The minimum absolute atomic E-state index is 0.980. The standard InChI is InChI=1S/C18H14O/c1-11-6-5-9-15-17(11)18-12(2)14-8-4-3-7-13(14)10-16(18)19-15/h3-10H,1-2H3. The maximum absolute atomic E-state index is 6.02. The van der Waals surface area contributed by atoms with Gasteiger partial charge in [-0.15, -0.1) is 0 Å². The predicted molar refractivity (Wildman–Crippen MR) is 80.7 cm³/mol. The van der Waals surface area contributed by atoms with Gasteiger partial charge in [-0.2, -0.15) is 0 Å². The van der Waals surface area contributed by atoms with Crippen LogP contribution < -0.4 is 0 Å². The normalized spacial score (nSPS) is 11.7. The Morgan fingerprint density at radius 1 is 0.789 bits per heavy atom. The number of aryl methyl sites for hydroxylation is 2. The minimum Gasteiger partial charge on any atom is -0.456 e. The number of benzene rings is 3. The van der Waals surface area contributed by atoms with Gasteiger partial charge in [0.15, 0.2) is 0 Å². The zero-order valence-electron chi connectivity index (χ0n) is 11.0. The first-order valence-electron chi connectivity index (χ1n) is 6.56. The van der Waals surface area contributed by atoms with Gasteiger partial charge in [0.25, 0.3) is 0 Å². The summed E-state index contributed by atoms with van der Waals surface area (Å²) < 4.78 is 6.02. The number of furan rings is 1. The summed E-state index contributed by atoms with van der Waals surface area (Å²) in [7, 11) is 0. The third-order valence-corrected chi connectivity index (χ3v) is 3.98. The van der Waals surface area contributed by atoms with Gasteiger partial charge in [-0.3, -0.25) is 0 Å². The van der Waals surface area contributed by atoms with Gasteiger partial charge in [-0.1, -0.05) is 36.4 Å². The van der Waals surface area contributed by atoms with Crippen molar-refractivity contribution in [3.63, 3.8) is 0 Å². The number of hydrogen-bond acceptors (Lipinski definition) is 1. The summed E-state index contributed by atoms with van der Waals surface area (Å²) in [6, 6.07) is 16.9. The summed E-state index contributed by atoms with van der Waals surface area (Å²) in [4.78, 5) is 0. The van der Waals surface area contributed by atoms with Crippen LogP contribution in [0.1, 0.15) is 11.1 Å². The predicted octanol–water partition coefficient (Wildman–Crippen LogP) is 5.36. The van der Waals surface area contributed by atoms with Crippen LogP contribution in [0.5, 0.6) is 0 Å².